The van der Waals surface area contributed by atoms with Gasteiger partial charge in [-0.15, -0.1) is 4.52 Å². The summed E-state index contributed by atoms with van der Waals surface area (Å²) in [5.41, 5.74) is 2.39. The second kappa shape index (κ2) is 12.2. The lowest BCUT2D eigenvalue weighted by atomic mass is 9.95. The number of hydrogen-bond acceptors (Lipinski definition) is 11. The number of para-hydroxylation sites is 1. The molecule has 2 aromatic rings. The molecular formula is C25H32FN3O10P+. The van der Waals surface area contributed by atoms with Crippen molar-refractivity contribution in [3.63, 3.8) is 0 Å². The predicted molar refractivity (Wildman–Crippen MR) is 137 cm³/mol. The highest BCUT2D eigenvalue weighted by Crippen LogP contribution is 2.46. The van der Waals surface area contributed by atoms with Crippen molar-refractivity contribution in [3.05, 3.63) is 62.9 Å². The van der Waals surface area contributed by atoms with Gasteiger partial charge in [-0.3, -0.25) is 19.1 Å². The third kappa shape index (κ3) is 6.65. The molecule has 1 aliphatic heterocycles. The maximum atomic E-state index is 15.6. The van der Waals surface area contributed by atoms with Crippen LogP contribution in [0.2, 0.25) is 0 Å². The second-order valence-electron chi connectivity index (χ2n) is 10.1. The Kier molecular flexibility index (Phi) is 9.18. The Hall–Kier alpha value is -3.00. The number of aliphatic hydroxyl groups excluding tert-OH is 1. The Morgan fingerprint density at radius 1 is 1.27 bits per heavy atom. The lowest BCUT2D eigenvalue weighted by Crippen LogP contribution is -2.49. The summed E-state index contributed by atoms with van der Waals surface area (Å²) in [7, 11) is -3.04. The molecule has 1 saturated heterocycles. The molecule has 1 aromatic heterocycles. The monoisotopic (exact) mass is 584 g/mol. The smallest absolute Gasteiger partial charge is 0.461 e. The average molecular weight is 585 g/mol. The molecule has 2 heterocycles. The van der Waals surface area contributed by atoms with Gasteiger partial charge in [-0.05, 0) is 38.7 Å². The number of nitrogens with two attached hydrogens (primary N) is 1. The molecule has 0 bridgehead atoms. The third-order valence-corrected chi connectivity index (χ3v) is 7.65. The van der Waals surface area contributed by atoms with E-state index in [0.29, 0.717) is 10.1 Å². The fourth-order valence-electron chi connectivity index (χ4n) is 4.77. The lowest BCUT2D eigenvalue weighted by Gasteiger charge is -2.27. The number of ether oxygens (including phenoxy) is 2. The summed E-state index contributed by atoms with van der Waals surface area (Å²) in [5.74, 6) is -3.60. The first-order chi connectivity index (χ1) is 18.9. The minimum absolute atomic E-state index is 0.0121. The number of halogens is 1. The van der Waals surface area contributed by atoms with Gasteiger partial charge in [0.2, 0.25) is 0 Å². The minimum atomic E-state index is -3.11. The van der Waals surface area contributed by atoms with Crippen LogP contribution in [0.4, 0.5) is 4.39 Å². The van der Waals surface area contributed by atoms with Crippen molar-refractivity contribution in [1.29, 1.82) is 0 Å². The number of esters is 1. The molecule has 2 aliphatic rings. The maximum Gasteiger partial charge on any atom is 0.750 e. The number of H-pyrrole nitrogens is 1. The van der Waals surface area contributed by atoms with Gasteiger partial charge in [0.1, 0.15) is 23.9 Å². The van der Waals surface area contributed by atoms with E-state index in [1.54, 1.807) is 18.2 Å². The summed E-state index contributed by atoms with van der Waals surface area (Å²) in [5, 5.41) is 21.2. The van der Waals surface area contributed by atoms with Crippen LogP contribution in [0.3, 0.4) is 0 Å². The Morgan fingerprint density at radius 2 is 1.98 bits per heavy atom. The molecule has 15 heteroatoms. The Balaban J connectivity index is 1.38. The predicted octanol–water partition coefficient (Wildman–Crippen LogP) is 1.34. The number of carbonyl (C=O) groups excluding carboxylic acids is 1. The Morgan fingerprint density at radius 3 is 2.67 bits per heavy atom. The van der Waals surface area contributed by atoms with Gasteiger partial charge in [0.25, 0.3) is 11.4 Å². The molecule has 6 unspecified atom stereocenters. The molecule has 1 saturated carbocycles. The molecule has 13 nitrogen and oxygen atoms in total. The standard InChI is InChI=1S/C25H31FN3O10P/c1-24(34)21(32)25(26,38-22(24)29-12-11-19(30)28-23(29)33)14-36-40(35)39-18-10-6-5-7-15(18)13-17(27)20(31)37-16-8-3-2-4-9-16/h5-7,10-12,16-17,21-22,32,34H,2-4,8-9,13-14,27H2,1H3/p+1. The number of hydrogen-bond donors (Lipinski definition) is 4. The highest BCUT2D eigenvalue weighted by atomic mass is 31.1. The number of aromatic amines is 1. The van der Waals surface area contributed by atoms with E-state index in [4.69, 9.17) is 24.3 Å². The summed E-state index contributed by atoms with van der Waals surface area (Å²) in [4.78, 5) is 37.9. The second-order valence-corrected chi connectivity index (χ2v) is 11.0. The van der Waals surface area contributed by atoms with Crippen molar-refractivity contribution in [2.75, 3.05) is 6.61 Å². The van der Waals surface area contributed by atoms with Crippen LogP contribution in [0.1, 0.15) is 50.8 Å². The number of benzene rings is 1. The molecule has 2 fully saturated rings. The summed E-state index contributed by atoms with van der Waals surface area (Å²) in [6, 6.07) is 6.26. The first-order valence-corrected chi connectivity index (χ1v) is 13.9. The maximum absolute atomic E-state index is 15.6. The van der Waals surface area contributed by atoms with Crippen molar-refractivity contribution in [2.45, 2.75) is 81.4 Å². The molecule has 0 radical (unpaired) electrons. The number of carbonyl (C=O) groups is 1. The lowest BCUT2D eigenvalue weighted by molar-refractivity contribution is -0.203. The van der Waals surface area contributed by atoms with Crippen LogP contribution < -0.4 is 21.5 Å². The normalized spacial score (nSPS) is 28.2. The third-order valence-electron chi connectivity index (χ3n) is 6.96. The van der Waals surface area contributed by atoms with E-state index in [-0.39, 0.29) is 18.3 Å². The van der Waals surface area contributed by atoms with Gasteiger partial charge in [0.05, 0.1) is 0 Å². The van der Waals surface area contributed by atoms with E-state index >= 15 is 4.39 Å². The molecule has 1 aromatic carbocycles. The fourth-order valence-corrected chi connectivity index (χ4v) is 5.44. The number of aromatic nitrogens is 2. The summed E-state index contributed by atoms with van der Waals surface area (Å²) >= 11 is 0. The van der Waals surface area contributed by atoms with Gasteiger partial charge in [0.15, 0.2) is 18.6 Å². The van der Waals surface area contributed by atoms with E-state index in [9.17, 15) is 29.2 Å². The van der Waals surface area contributed by atoms with Crippen molar-refractivity contribution in [1.82, 2.24) is 9.55 Å². The number of nitrogens with one attached hydrogen (secondary N) is 1. The van der Waals surface area contributed by atoms with Crippen molar-refractivity contribution < 1.29 is 42.5 Å². The first kappa shape index (κ1) is 30.0. The van der Waals surface area contributed by atoms with E-state index in [1.807, 2.05) is 4.98 Å². The van der Waals surface area contributed by atoms with E-state index in [0.717, 1.165) is 51.3 Å². The molecule has 5 N–H and O–H groups in total. The van der Waals surface area contributed by atoms with Crippen LogP contribution in [0.15, 0.2) is 46.1 Å². The van der Waals surface area contributed by atoms with Gasteiger partial charge in [-0.1, -0.05) is 24.6 Å². The summed E-state index contributed by atoms with van der Waals surface area (Å²) < 4.78 is 49.8. The largest absolute Gasteiger partial charge is 0.750 e. The quantitative estimate of drug-likeness (QED) is 0.233. The van der Waals surface area contributed by atoms with Gasteiger partial charge in [-0.2, -0.15) is 0 Å². The number of alkyl halides is 1. The van der Waals surface area contributed by atoms with Crippen molar-refractivity contribution in [2.24, 2.45) is 5.73 Å². The first-order valence-electron chi connectivity index (χ1n) is 12.8. The fraction of sp³-hybridized carbons (Fsp3) is 0.560. The van der Waals surface area contributed by atoms with Crippen LogP contribution in [0, 0.1) is 0 Å². The zero-order valence-corrected chi connectivity index (χ0v) is 22.6. The number of aliphatic hydroxyl groups is 2. The van der Waals surface area contributed by atoms with Gasteiger partial charge in [-0.25, -0.2) is 13.7 Å². The van der Waals surface area contributed by atoms with Gasteiger partial charge < -0.3 is 25.4 Å². The highest BCUT2D eigenvalue weighted by Gasteiger charge is 2.64. The molecule has 6 atom stereocenters. The molecular weight excluding hydrogens is 552 g/mol. The van der Waals surface area contributed by atoms with Crippen LogP contribution in [-0.2, 0) is 29.8 Å². The summed E-state index contributed by atoms with van der Waals surface area (Å²) in [6.45, 7) is -0.125. The van der Waals surface area contributed by atoms with Crippen molar-refractivity contribution in [3.8, 4) is 5.75 Å². The molecule has 40 heavy (non-hydrogen) atoms. The summed E-state index contributed by atoms with van der Waals surface area (Å²) in [6.07, 6.45) is 1.49. The number of rotatable bonds is 10. The molecule has 218 valence electrons. The van der Waals surface area contributed by atoms with Gasteiger partial charge in [0, 0.05) is 28.8 Å². The minimum Gasteiger partial charge on any atom is -0.461 e. The van der Waals surface area contributed by atoms with Crippen LogP contribution in [0.5, 0.6) is 5.75 Å². The van der Waals surface area contributed by atoms with E-state index in [1.165, 1.54) is 6.07 Å². The van der Waals surface area contributed by atoms with E-state index < -0.39 is 61.9 Å². The van der Waals surface area contributed by atoms with Crippen LogP contribution in [0.25, 0.3) is 0 Å². The van der Waals surface area contributed by atoms with E-state index in [2.05, 4.69) is 0 Å². The zero-order valence-electron chi connectivity index (χ0n) is 21.7. The van der Waals surface area contributed by atoms with Crippen LogP contribution in [-0.4, -0.2) is 62.0 Å². The highest BCUT2D eigenvalue weighted by molar-refractivity contribution is 7.33. The number of nitrogens with zero attached hydrogens (tertiary/aromatic N) is 1. The molecule has 0 spiro atoms. The zero-order chi connectivity index (χ0) is 29.1. The molecule has 4 rings (SSSR count). The van der Waals surface area contributed by atoms with Gasteiger partial charge >= 0.3 is 19.9 Å². The molecule has 1 aliphatic carbocycles. The average Bonchev–Trinajstić information content (AvgIpc) is 3.09. The van der Waals surface area contributed by atoms with Crippen molar-refractivity contribution >= 4 is 14.2 Å². The SMILES string of the molecule is CC1(O)C(n2ccc(=O)[nH]c2=O)OC(F)(CO[P+](=O)Oc2ccccc2CC(N)C(=O)OC2CCCCC2)C1O. The topological polar surface area (TPSA) is 192 Å². The Bertz CT molecular complexity index is 1340. The van der Waals surface area contributed by atoms with Crippen LogP contribution >= 0.6 is 8.25 Å². The Labute approximate surface area is 229 Å². The molecule has 0 amide bonds.